The van der Waals surface area contributed by atoms with Crippen molar-refractivity contribution in [2.75, 3.05) is 25.0 Å². The highest BCUT2D eigenvalue weighted by Gasteiger charge is 2.27. The van der Waals surface area contributed by atoms with E-state index >= 15 is 0 Å². The van der Waals surface area contributed by atoms with E-state index < -0.39 is 10.0 Å². The first-order chi connectivity index (χ1) is 12.3. The van der Waals surface area contributed by atoms with Crippen LogP contribution in [0.25, 0.3) is 0 Å². The molecule has 0 atom stereocenters. The normalized spacial score (nSPS) is 15.2. The van der Waals surface area contributed by atoms with Crippen molar-refractivity contribution in [3.8, 4) is 0 Å². The number of carbonyl (C=O) groups excluding carboxylic acids is 1. The van der Waals surface area contributed by atoms with Gasteiger partial charge in [0.2, 0.25) is 10.0 Å². The van der Waals surface area contributed by atoms with Gasteiger partial charge in [-0.05, 0) is 68.1 Å². The van der Waals surface area contributed by atoms with E-state index in [2.05, 4.69) is 0 Å². The van der Waals surface area contributed by atoms with E-state index in [1.54, 1.807) is 24.1 Å². The summed E-state index contributed by atoms with van der Waals surface area (Å²) in [5.74, 6) is -0.163. The van der Waals surface area contributed by atoms with Gasteiger partial charge in [-0.25, -0.2) is 8.42 Å². The monoisotopic (exact) mass is 372 g/mol. The van der Waals surface area contributed by atoms with Gasteiger partial charge in [0, 0.05) is 31.4 Å². The first-order valence-corrected chi connectivity index (χ1v) is 10.2. The van der Waals surface area contributed by atoms with E-state index in [4.69, 9.17) is 0 Å². The smallest absolute Gasteiger partial charge is 0.258 e. The number of nitrogens with zero attached hydrogens (tertiary/aromatic N) is 2. The maximum Gasteiger partial charge on any atom is 0.258 e. The third-order valence-electron chi connectivity index (χ3n) is 4.83. The molecule has 0 aliphatic carbocycles. The van der Waals surface area contributed by atoms with E-state index in [0.29, 0.717) is 18.7 Å². The molecule has 0 saturated carbocycles. The molecule has 1 heterocycles. The summed E-state index contributed by atoms with van der Waals surface area (Å²) in [6.45, 7) is 5.08. The first-order valence-electron chi connectivity index (χ1n) is 8.76. The van der Waals surface area contributed by atoms with Gasteiger partial charge in [0.15, 0.2) is 0 Å². The molecule has 3 rings (SSSR count). The summed E-state index contributed by atoms with van der Waals surface area (Å²) in [6, 6.07) is 12.2. The number of sulfonamides is 1. The largest absolute Gasteiger partial charge is 0.311 e. The molecule has 26 heavy (non-hydrogen) atoms. The van der Waals surface area contributed by atoms with Crippen LogP contribution in [0.5, 0.6) is 0 Å². The summed E-state index contributed by atoms with van der Waals surface area (Å²) >= 11 is 0. The predicted octanol–water partition coefficient (Wildman–Crippen LogP) is 3.36. The highest BCUT2D eigenvalue weighted by molar-refractivity contribution is 7.89. The SMILES string of the molecule is Cc1ccc(C)c(N(C)C(=O)c2ccc(S(=O)(=O)N3CCCC3)cc2)c1. The van der Waals surface area contributed by atoms with Gasteiger partial charge < -0.3 is 4.90 Å². The van der Waals surface area contributed by atoms with Crippen molar-refractivity contribution in [2.45, 2.75) is 31.6 Å². The second-order valence-corrected chi connectivity index (χ2v) is 8.73. The Hall–Kier alpha value is -2.18. The van der Waals surface area contributed by atoms with Crippen LogP contribution in [0, 0.1) is 13.8 Å². The highest BCUT2D eigenvalue weighted by Crippen LogP contribution is 2.24. The minimum Gasteiger partial charge on any atom is -0.311 e. The van der Waals surface area contributed by atoms with Crippen LogP contribution in [-0.2, 0) is 10.0 Å². The van der Waals surface area contributed by atoms with Gasteiger partial charge in [-0.2, -0.15) is 4.31 Å². The van der Waals surface area contributed by atoms with Crippen molar-refractivity contribution < 1.29 is 13.2 Å². The Morgan fingerprint density at radius 2 is 1.62 bits per heavy atom. The number of hydrogen-bond donors (Lipinski definition) is 0. The van der Waals surface area contributed by atoms with Crippen LogP contribution in [0.15, 0.2) is 47.4 Å². The van der Waals surface area contributed by atoms with Gasteiger partial charge in [-0.1, -0.05) is 12.1 Å². The van der Waals surface area contributed by atoms with Crippen molar-refractivity contribution in [3.63, 3.8) is 0 Å². The van der Waals surface area contributed by atoms with E-state index in [0.717, 1.165) is 29.7 Å². The summed E-state index contributed by atoms with van der Waals surface area (Å²) < 4.78 is 26.7. The molecular formula is C20H24N2O3S. The summed E-state index contributed by atoms with van der Waals surface area (Å²) in [5, 5.41) is 0. The number of anilines is 1. The Bertz CT molecular complexity index is 915. The molecule has 1 amide bonds. The molecule has 0 radical (unpaired) electrons. The van der Waals surface area contributed by atoms with Crippen LogP contribution in [-0.4, -0.2) is 38.8 Å². The number of carbonyl (C=O) groups is 1. The van der Waals surface area contributed by atoms with Crippen LogP contribution in [0.1, 0.15) is 34.3 Å². The van der Waals surface area contributed by atoms with Crippen LogP contribution in [0.3, 0.4) is 0 Å². The van der Waals surface area contributed by atoms with E-state index in [1.165, 1.54) is 16.4 Å². The number of hydrogen-bond acceptors (Lipinski definition) is 3. The lowest BCUT2D eigenvalue weighted by atomic mass is 10.1. The zero-order chi connectivity index (χ0) is 18.9. The third-order valence-corrected chi connectivity index (χ3v) is 6.75. The van der Waals surface area contributed by atoms with Crippen LogP contribution < -0.4 is 4.90 Å². The lowest BCUT2D eigenvalue weighted by molar-refractivity contribution is 0.0992. The van der Waals surface area contributed by atoms with Gasteiger partial charge in [0.25, 0.3) is 5.91 Å². The Labute approximate surface area is 155 Å². The predicted molar refractivity (Wildman–Crippen MR) is 103 cm³/mol. The Balaban J connectivity index is 1.84. The first kappa shape index (κ1) is 18.6. The zero-order valence-electron chi connectivity index (χ0n) is 15.4. The maximum absolute atomic E-state index is 12.8. The quantitative estimate of drug-likeness (QED) is 0.827. The van der Waals surface area contributed by atoms with Crippen LogP contribution >= 0.6 is 0 Å². The second kappa shape index (κ2) is 7.21. The van der Waals surface area contributed by atoms with Gasteiger partial charge in [0.05, 0.1) is 4.90 Å². The van der Waals surface area contributed by atoms with Gasteiger partial charge in [-0.15, -0.1) is 0 Å². The number of aryl methyl sites for hydroxylation is 2. The summed E-state index contributed by atoms with van der Waals surface area (Å²) in [6.07, 6.45) is 1.80. The molecule has 1 aliphatic rings. The standard InChI is InChI=1S/C20H24N2O3S/c1-15-6-7-16(2)19(14-15)21(3)20(23)17-8-10-18(11-9-17)26(24,25)22-12-4-5-13-22/h6-11,14H,4-5,12-13H2,1-3H3. The topological polar surface area (TPSA) is 57.7 Å². The summed E-state index contributed by atoms with van der Waals surface area (Å²) in [7, 11) is -1.72. The Morgan fingerprint density at radius 3 is 2.23 bits per heavy atom. The fourth-order valence-corrected chi connectivity index (χ4v) is 4.75. The fourth-order valence-electron chi connectivity index (χ4n) is 3.23. The minimum atomic E-state index is -3.46. The molecule has 6 heteroatoms. The molecule has 0 N–H and O–H groups in total. The summed E-state index contributed by atoms with van der Waals surface area (Å²) in [5.41, 5.74) is 3.41. The lowest BCUT2D eigenvalue weighted by Gasteiger charge is -2.21. The number of rotatable bonds is 4. The van der Waals surface area contributed by atoms with Gasteiger partial charge in [-0.3, -0.25) is 4.79 Å². The van der Waals surface area contributed by atoms with Crippen LogP contribution in [0.2, 0.25) is 0 Å². The molecule has 0 bridgehead atoms. The molecule has 138 valence electrons. The molecule has 1 saturated heterocycles. The van der Waals surface area contributed by atoms with Crippen molar-refractivity contribution in [2.24, 2.45) is 0 Å². The van der Waals surface area contributed by atoms with E-state index in [-0.39, 0.29) is 10.8 Å². The Kier molecular flexibility index (Phi) is 5.16. The van der Waals surface area contributed by atoms with Gasteiger partial charge >= 0.3 is 0 Å². The summed E-state index contributed by atoms with van der Waals surface area (Å²) in [4.78, 5) is 14.6. The third kappa shape index (κ3) is 3.52. The van der Waals surface area contributed by atoms with E-state index in [9.17, 15) is 13.2 Å². The molecule has 0 unspecified atom stereocenters. The number of amides is 1. The zero-order valence-corrected chi connectivity index (χ0v) is 16.2. The minimum absolute atomic E-state index is 0.163. The fraction of sp³-hybridized carbons (Fsp3) is 0.350. The Morgan fingerprint density at radius 1 is 1.00 bits per heavy atom. The molecule has 1 aliphatic heterocycles. The van der Waals surface area contributed by atoms with Crippen molar-refractivity contribution in [1.29, 1.82) is 0 Å². The molecule has 2 aromatic carbocycles. The second-order valence-electron chi connectivity index (χ2n) is 6.79. The average Bonchev–Trinajstić information content (AvgIpc) is 3.18. The van der Waals surface area contributed by atoms with Crippen molar-refractivity contribution in [3.05, 3.63) is 59.2 Å². The number of benzene rings is 2. The molecule has 0 spiro atoms. The highest BCUT2D eigenvalue weighted by atomic mass is 32.2. The molecule has 5 nitrogen and oxygen atoms in total. The average molecular weight is 372 g/mol. The van der Waals surface area contributed by atoms with Gasteiger partial charge in [0.1, 0.15) is 0 Å². The lowest BCUT2D eigenvalue weighted by Crippen LogP contribution is -2.28. The maximum atomic E-state index is 12.8. The van der Waals surface area contributed by atoms with Crippen LogP contribution in [0.4, 0.5) is 5.69 Å². The van der Waals surface area contributed by atoms with E-state index in [1.807, 2.05) is 32.0 Å². The molecule has 2 aromatic rings. The molecule has 1 fully saturated rings. The van der Waals surface area contributed by atoms with Crippen molar-refractivity contribution in [1.82, 2.24) is 4.31 Å². The molecule has 0 aromatic heterocycles. The van der Waals surface area contributed by atoms with Crippen molar-refractivity contribution >= 4 is 21.6 Å². The molecular weight excluding hydrogens is 348 g/mol.